The van der Waals surface area contributed by atoms with Gasteiger partial charge >= 0.3 is 0 Å². The lowest BCUT2D eigenvalue weighted by Gasteiger charge is -2.62. The average molecular weight is 477 g/mol. The summed E-state index contributed by atoms with van der Waals surface area (Å²) in [5.41, 5.74) is 0.608. The fourth-order valence-electron chi connectivity index (χ4n) is 9.04. The number of methoxy groups -OCH3 is 1. The van der Waals surface area contributed by atoms with E-state index in [4.69, 9.17) is 28.4 Å². The number of allylic oxidation sites excluding steroid dienone is 2. The summed E-state index contributed by atoms with van der Waals surface area (Å²) < 4.78 is 36.3. The van der Waals surface area contributed by atoms with Crippen molar-refractivity contribution in [3.05, 3.63) is 23.5 Å². The van der Waals surface area contributed by atoms with E-state index in [9.17, 15) is 9.90 Å². The van der Waals surface area contributed by atoms with Crippen LogP contribution in [-0.2, 0) is 33.2 Å². The predicted molar refractivity (Wildman–Crippen MR) is 119 cm³/mol. The molecule has 0 amide bonds. The van der Waals surface area contributed by atoms with Crippen LogP contribution in [0, 0.1) is 28.6 Å². The number of ketones is 1. The maximum Gasteiger partial charge on any atom is 0.226 e. The number of rotatable bonds is 3. The highest BCUT2D eigenvalue weighted by Crippen LogP contribution is 2.72. The molecule has 34 heavy (non-hydrogen) atoms. The third-order valence-corrected chi connectivity index (χ3v) is 10.4. The Bertz CT molecular complexity index is 916. The molecule has 0 radical (unpaired) electrons. The van der Waals surface area contributed by atoms with Gasteiger partial charge in [-0.1, -0.05) is 19.4 Å². The van der Waals surface area contributed by atoms with Crippen molar-refractivity contribution in [1.29, 1.82) is 0 Å². The highest BCUT2D eigenvalue weighted by Gasteiger charge is 2.77. The summed E-state index contributed by atoms with van der Waals surface area (Å²) >= 11 is 0. The van der Waals surface area contributed by atoms with Gasteiger partial charge in [0.25, 0.3) is 0 Å². The van der Waals surface area contributed by atoms with E-state index in [0.29, 0.717) is 30.4 Å². The van der Waals surface area contributed by atoms with Crippen LogP contribution < -0.4 is 0 Å². The summed E-state index contributed by atoms with van der Waals surface area (Å²) in [7, 11) is 1.65. The molecular formula is C26H36O8. The SMILES string of the molecule is COCO[C@H]1CC2(C)C(CCC23OCOC32COCO2)C2CCC3=CC(=O)/C(=C\O)CC3(C)C21. The van der Waals surface area contributed by atoms with Crippen LogP contribution in [0.1, 0.15) is 52.4 Å². The van der Waals surface area contributed by atoms with Crippen LogP contribution >= 0.6 is 0 Å². The van der Waals surface area contributed by atoms with Crippen LogP contribution in [0.3, 0.4) is 0 Å². The molecule has 2 aliphatic heterocycles. The smallest absolute Gasteiger partial charge is 0.226 e. The van der Waals surface area contributed by atoms with Crippen molar-refractivity contribution in [2.24, 2.45) is 28.6 Å². The Kier molecular flexibility index (Phi) is 5.34. The Hall–Kier alpha value is -1.29. The van der Waals surface area contributed by atoms with E-state index in [1.54, 1.807) is 13.2 Å². The van der Waals surface area contributed by atoms with Crippen LogP contribution in [0.25, 0.3) is 0 Å². The lowest BCUT2D eigenvalue weighted by Crippen LogP contribution is -2.66. The van der Waals surface area contributed by atoms with Crippen molar-refractivity contribution in [3.63, 3.8) is 0 Å². The van der Waals surface area contributed by atoms with Crippen LogP contribution in [-0.4, -0.2) is 62.5 Å². The van der Waals surface area contributed by atoms with E-state index in [1.807, 2.05) is 0 Å². The molecule has 4 aliphatic carbocycles. The Morgan fingerprint density at radius 1 is 1.21 bits per heavy atom. The number of hydrogen-bond acceptors (Lipinski definition) is 8. The van der Waals surface area contributed by atoms with Crippen molar-refractivity contribution in [1.82, 2.24) is 0 Å². The van der Waals surface area contributed by atoms with Gasteiger partial charge in [0.1, 0.15) is 19.0 Å². The van der Waals surface area contributed by atoms with E-state index in [0.717, 1.165) is 38.4 Å². The zero-order chi connectivity index (χ0) is 23.8. The molecule has 0 aromatic heterocycles. The van der Waals surface area contributed by atoms with Crippen LogP contribution in [0.4, 0.5) is 0 Å². The van der Waals surface area contributed by atoms with E-state index >= 15 is 0 Å². The minimum absolute atomic E-state index is 0.0694. The first-order chi connectivity index (χ1) is 16.3. The highest BCUT2D eigenvalue weighted by atomic mass is 16.9. The number of ether oxygens (including phenoxy) is 6. The standard InChI is InChI=1S/C26H36O8/c1-23-9-16(11-27)20(28)8-17(23)4-5-18-19-6-7-25(26(34-15-32-25)12-30-14-33-26)24(19,2)10-21(22(18)23)31-13-29-3/h8,11,18-19,21-22,27H,4-7,9-10,12-15H2,1-3H3/b16-11-/t18?,19?,21-,22?,23?,24?,25?,26?/m0/s1. The first-order valence-electron chi connectivity index (χ1n) is 12.5. The molecule has 0 bridgehead atoms. The van der Waals surface area contributed by atoms with Crippen LogP contribution in [0.2, 0.25) is 0 Å². The Morgan fingerprint density at radius 2 is 2.03 bits per heavy atom. The lowest BCUT2D eigenvalue weighted by atomic mass is 9.45. The molecule has 5 fully saturated rings. The molecule has 1 N–H and O–H groups in total. The zero-order valence-corrected chi connectivity index (χ0v) is 20.3. The number of hydrogen-bond donors (Lipinski definition) is 1. The first-order valence-corrected chi connectivity index (χ1v) is 12.5. The van der Waals surface area contributed by atoms with Crippen molar-refractivity contribution in [2.45, 2.75) is 69.9 Å². The zero-order valence-electron chi connectivity index (χ0n) is 20.3. The molecule has 0 aromatic carbocycles. The predicted octanol–water partition coefficient (Wildman–Crippen LogP) is 3.61. The summed E-state index contributed by atoms with van der Waals surface area (Å²) in [6.07, 6.45) is 7.78. The average Bonchev–Trinajstić information content (AvgIpc) is 3.52. The minimum Gasteiger partial charge on any atom is -0.515 e. The first kappa shape index (κ1) is 23.1. The van der Waals surface area contributed by atoms with Gasteiger partial charge in [0.2, 0.25) is 5.79 Å². The quantitative estimate of drug-likeness (QED) is 0.375. The van der Waals surface area contributed by atoms with Gasteiger partial charge in [0.05, 0.1) is 12.4 Å². The minimum atomic E-state index is -0.872. The van der Waals surface area contributed by atoms with Gasteiger partial charge in [-0.05, 0) is 67.8 Å². The van der Waals surface area contributed by atoms with Gasteiger partial charge in [-0.15, -0.1) is 0 Å². The van der Waals surface area contributed by atoms with Gasteiger partial charge < -0.3 is 33.5 Å². The molecule has 6 rings (SSSR count). The lowest BCUT2D eigenvalue weighted by molar-refractivity contribution is -0.264. The number of aliphatic hydroxyl groups excluding tert-OH is 1. The molecule has 2 spiro atoms. The molecular weight excluding hydrogens is 440 g/mol. The van der Waals surface area contributed by atoms with Crippen molar-refractivity contribution < 1.29 is 38.3 Å². The number of aliphatic hydroxyl groups is 1. The van der Waals surface area contributed by atoms with Gasteiger partial charge in [-0.25, -0.2) is 0 Å². The maximum absolute atomic E-state index is 12.6. The van der Waals surface area contributed by atoms with E-state index < -0.39 is 11.4 Å². The normalized spacial score (nSPS) is 51.1. The molecule has 0 aromatic rings. The molecule has 7 unspecified atom stereocenters. The fourth-order valence-corrected chi connectivity index (χ4v) is 9.04. The summed E-state index contributed by atoms with van der Waals surface area (Å²) in [6.45, 7) is 5.61. The Balaban J connectivity index is 1.43. The van der Waals surface area contributed by atoms with Gasteiger partial charge in [-0.2, -0.15) is 0 Å². The number of fused-ring (bicyclic) bond motifs is 7. The third-order valence-electron chi connectivity index (χ3n) is 10.4. The molecule has 8 heteroatoms. The van der Waals surface area contributed by atoms with E-state index in [1.165, 1.54) is 5.57 Å². The summed E-state index contributed by atoms with van der Waals surface area (Å²) in [5.74, 6) is 0.0557. The molecule has 2 saturated heterocycles. The molecule has 6 aliphatic rings. The van der Waals surface area contributed by atoms with Gasteiger partial charge in [0, 0.05) is 18.1 Å². The van der Waals surface area contributed by atoms with Crippen molar-refractivity contribution in [3.8, 4) is 0 Å². The maximum atomic E-state index is 12.6. The summed E-state index contributed by atoms with van der Waals surface area (Å²) in [5, 5.41) is 9.80. The summed E-state index contributed by atoms with van der Waals surface area (Å²) in [6, 6.07) is 0. The highest BCUT2D eigenvalue weighted by molar-refractivity contribution is 6.05. The third kappa shape index (κ3) is 2.78. The van der Waals surface area contributed by atoms with E-state index in [-0.39, 0.29) is 49.0 Å². The molecule has 3 saturated carbocycles. The Labute approximate surface area is 200 Å². The number of carbonyl (C=O) groups is 1. The second-order valence-corrected chi connectivity index (χ2v) is 11.5. The number of carbonyl (C=O) groups excluding carboxylic acids is 1. The van der Waals surface area contributed by atoms with Gasteiger partial charge in [-0.3, -0.25) is 4.79 Å². The molecule has 8 nitrogen and oxygen atoms in total. The molecule has 188 valence electrons. The summed E-state index contributed by atoms with van der Waals surface area (Å²) in [4.78, 5) is 12.6. The second-order valence-electron chi connectivity index (χ2n) is 11.5. The van der Waals surface area contributed by atoms with Crippen LogP contribution in [0.15, 0.2) is 23.5 Å². The largest absolute Gasteiger partial charge is 0.515 e. The Morgan fingerprint density at radius 3 is 2.76 bits per heavy atom. The fraction of sp³-hybridized carbons (Fsp3) is 0.808. The molecule has 8 atom stereocenters. The van der Waals surface area contributed by atoms with Gasteiger partial charge in [0.15, 0.2) is 19.4 Å². The second kappa shape index (κ2) is 7.85. The van der Waals surface area contributed by atoms with E-state index in [2.05, 4.69) is 13.8 Å². The molecule has 2 heterocycles. The van der Waals surface area contributed by atoms with Crippen molar-refractivity contribution >= 4 is 5.78 Å². The monoisotopic (exact) mass is 476 g/mol. The van der Waals surface area contributed by atoms with Crippen LogP contribution in [0.5, 0.6) is 0 Å². The van der Waals surface area contributed by atoms with Crippen molar-refractivity contribution in [2.75, 3.05) is 34.1 Å². The topological polar surface area (TPSA) is 92.7 Å².